The number of hydrogen-bond acceptors (Lipinski definition) is 6. The Labute approximate surface area is 159 Å². The van der Waals surface area contributed by atoms with E-state index in [-0.39, 0.29) is 17.5 Å². The molecule has 1 amide bonds. The maximum absolute atomic E-state index is 13.4. The second-order valence-corrected chi connectivity index (χ2v) is 6.51. The summed E-state index contributed by atoms with van der Waals surface area (Å²) in [7, 11) is 1.58. The molecule has 0 bridgehead atoms. The van der Waals surface area contributed by atoms with E-state index >= 15 is 0 Å². The van der Waals surface area contributed by atoms with Crippen molar-refractivity contribution in [2.45, 2.75) is 11.7 Å². The summed E-state index contributed by atoms with van der Waals surface area (Å²) in [5.41, 5.74) is 1.39. The number of hydrogen-bond donors (Lipinski definition) is 2. The van der Waals surface area contributed by atoms with Gasteiger partial charge in [-0.2, -0.15) is 0 Å². The fourth-order valence-electron chi connectivity index (χ4n) is 2.42. The summed E-state index contributed by atoms with van der Waals surface area (Å²) in [6.45, 7) is 0.354. The predicted molar refractivity (Wildman–Crippen MR) is 101 cm³/mol. The zero-order chi connectivity index (χ0) is 19.2. The van der Waals surface area contributed by atoms with Gasteiger partial charge in [-0.15, -0.1) is 10.2 Å². The third-order valence-electron chi connectivity index (χ3n) is 3.75. The van der Waals surface area contributed by atoms with Crippen molar-refractivity contribution < 1.29 is 13.9 Å². The lowest BCUT2D eigenvalue weighted by molar-refractivity contribution is -0.118. The summed E-state index contributed by atoms with van der Waals surface area (Å²) in [5, 5.41) is 11.1. The first-order valence-electron chi connectivity index (χ1n) is 8.06. The first-order chi connectivity index (χ1) is 13.1. The van der Waals surface area contributed by atoms with Gasteiger partial charge in [-0.3, -0.25) is 4.79 Å². The minimum Gasteiger partial charge on any atom is -0.496 e. The highest BCUT2D eigenvalue weighted by molar-refractivity contribution is 7.99. The number of nitrogen functional groups attached to an aromatic ring is 1. The molecule has 7 nitrogen and oxygen atoms in total. The van der Waals surface area contributed by atoms with E-state index < -0.39 is 0 Å². The fraction of sp³-hybridized carbons (Fsp3) is 0.167. The van der Waals surface area contributed by atoms with E-state index in [0.29, 0.717) is 28.8 Å². The number of ether oxygens (including phenoxy) is 1. The number of halogens is 1. The maximum atomic E-state index is 13.4. The number of benzene rings is 2. The first kappa shape index (κ1) is 18.7. The normalized spacial score (nSPS) is 10.6. The zero-order valence-electron chi connectivity index (χ0n) is 14.6. The van der Waals surface area contributed by atoms with Crippen LogP contribution in [0.2, 0.25) is 0 Å². The molecule has 2 aromatic carbocycles. The van der Waals surface area contributed by atoms with E-state index in [1.807, 2.05) is 24.3 Å². The van der Waals surface area contributed by atoms with Crippen LogP contribution < -0.4 is 15.9 Å². The summed E-state index contributed by atoms with van der Waals surface area (Å²) < 4.78 is 19.9. The number of methoxy groups -OCH3 is 1. The average Bonchev–Trinajstić information content (AvgIpc) is 3.05. The van der Waals surface area contributed by atoms with Crippen LogP contribution in [0.3, 0.4) is 0 Å². The molecule has 3 N–H and O–H groups in total. The molecular formula is C18H18FN5O2S. The topological polar surface area (TPSA) is 95.1 Å². The Morgan fingerprint density at radius 1 is 1.26 bits per heavy atom. The van der Waals surface area contributed by atoms with E-state index in [1.54, 1.807) is 19.2 Å². The van der Waals surface area contributed by atoms with Crippen molar-refractivity contribution in [3.8, 4) is 17.1 Å². The smallest absolute Gasteiger partial charge is 0.230 e. The molecule has 1 aromatic heterocycles. The number of amides is 1. The molecule has 0 unspecified atom stereocenters. The van der Waals surface area contributed by atoms with Crippen LogP contribution in [0.5, 0.6) is 5.75 Å². The minimum absolute atomic E-state index is 0.119. The number of nitrogens with two attached hydrogens (primary N) is 1. The largest absolute Gasteiger partial charge is 0.496 e. The molecule has 3 aromatic rings. The summed E-state index contributed by atoms with van der Waals surface area (Å²) in [6.07, 6.45) is 0. The van der Waals surface area contributed by atoms with Gasteiger partial charge in [-0.1, -0.05) is 42.1 Å². The van der Waals surface area contributed by atoms with Crippen molar-refractivity contribution >= 4 is 17.7 Å². The van der Waals surface area contributed by atoms with Crippen molar-refractivity contribution in [2.24, 2.45) is 0 Å². The number of nitrogens with zero attached hydrogens (tertiary/aromatic N) is 3. The van der Waals surface area contributed by atoms with Gasteiger partial charge in [0.2, 0.25) is 11.1 Å². The van der Waals surface area contributed by atoms with Crippen LogP contribution in [0, 0.1) is 5.82 Å². The Kier molecular flexibility index (Phi) is 5.92. The Balaban J connectivity index is 1.58. The van der Waals surface area contributed by atoms with Gasteiger partial charge in [0.1, 0.15) is 11.6 Å². The molecule has 140 valence electrons. The Morgan fingerprint density at radius 3 is 2.85 bits per heavy atom. The molecule has 0 atom stereocenters. The fourth-order valence-corrected chi connectivity index (χ4v) is 3.11. The SMILES string of the molecule is COc1ccccc1CNC(=O)CSc1nnc(-c2cccc(F)c2)n1N. The molecule has 0 aliphatic carbocycles. The van der Waals surface area contributed by atoms with Gasteiger partial charge in [0, 0.05) is 17.7 Å². The van der Waals surface area contributed by atoms with Crippen LogP contribution >= 0.6 is 11.8 Å². The van der Waals surface area contributed by atoms with Crippen LogP contribution in [-0.4, -0.2) is 33.6 Å². The number of rotatable bonds is 7. The highest BCUT2D eigenvalue weighted by Crippen LogP contribution is 2.22. The summed E-state index contributed by atoms with van der Waals surface area (Å²) in [5.74, 6) is 6.57. The van der Waals surface area contributed by atoms with Gasteiger partial charge in [-0.25, -0.2) is 9.07 Å². The molecule has 0 saturated carbocycles. The highest BCUT2D eigenvalue weighted by Gasteiger charge is 2.14. The quantitative estimate of drug-likeness (QED) is 0.477. The lowest BCUT2D eigenvalue weighted by Crippen LogP contribution is -2.25. The van der Waals surface area contributed by atoms with Crippen LogP contribution in [0.1, 0.15) is 5.56 Å². The molecule has 1 heterocycles. The number of para-hydroxylation sites is 1. The number of carbonyl (C=O) groups is 1. The van der Waals surface area contributed by atoms with Crippen LogP contribution in [0.25, 0.3) is 11.4 Å². The molecule has 0 spiro atoms. The van der Waals surface area contributed by atoms with Crippen LogP contribution in [0.4, 0.5) is 4.39 Å². The van der Waals surface area contributed by atoms with Gasteiger partial charge in [0.25, 0.3) is 0 Å². The molecular weight excluding hydrogens is 369 g/mol. The summed E-state index contributed by atoms with van der Waals surface area (Å²) in [4.78, 5) is 12.1. The molecule has 3 rings (SSSR count). The molecule has 0 radical (unpaired) electrons. The van der Waals surface area contributed by atoms with Crippen molar-refractivity contribution in [3.63, 3.8) is 0 Å². The first-order valence-corrected chi connectivity index (χ1v) is 9.05. The van der Waals surface area contributed by atoms with Gasteiger partial charge >= 0.3 is 0 Å². The maximum Gasteiger partial charge on any atom is 0.230 e. The van der Waals surface area contributed by atoms with Crippen molar-refractivity contribution in [3.05, 3.63) is 59.9 Å². The van der Waals surface area contributed by atoms with Crippen molar-refractivity contribution in [2.75, 3.05) is 18.7 Å². The van der Waals surface area contributed by atoms with E-state index in [9.17, 15) is 9.18 Å². The minimum atomic E-state index is -0.388. The van der Waals surface area contributed by atoms with E-state index in [2.05, 4.69) is 15.5 Å². The second kappa shape index (κ2) is 8.54. The number of aromatic nitrogens is 3. The third-order valence-corrected chi connectivity index (χ3v) is 4.69. The lowest BCUT2D eigenvalue weighted by Gasteiger charge is -2.09. The third kappa shape index (κ3) is 4.56. The highest BCUT2D eigenvalue weighted by atomic mass is 32.2. The predicted octanol–water partition coefficient (Wildman–Crippen LogP) is 2.22. The molecule has 27 heavy (non-hydrogen) atoms. The Morgan fingerprint density at radius 2 is 2.07 bits per heavy atom. The van der Waals surface area contributed by atoms with Crippen LogP contribution in [0.15, 0.2) is 53.7 Å². The number of carbonyl (C=O) groups excluding carboxylic acids is 1. The molecule has 9 heteroatoms. The van der Waals surface area contributed by atoms with Gasteiger partial charge in [-0.05, 0) is 18.2 Å². The van der Waals surface area contributed by atoms with Crippen molar-refractivity contribution in [1.82, 2.24) is 20.2 Å². The Hall–Kier alpha value is -3.07. The number of nitrogens with one attached hydrogen (secondary N) is 1. The molecule has 0 aliphatic rings. The monoisotopic (exact) mass is 387 g/mol. The van der Waals surface area contributed by atoms with Gasteiger partial charge < -0.3 is 15.9 Å². The zero-order valence-corrected chi connectivity index (χ0v) is 15.4. The Bertz CT molecular complexity index is 947. The van der Waals surface area contributed by atoms with E-state index in [4.69, 9.17) is 10.6 Å². The molecule has 0 aliphatic heterocycles. The van der Waals surface area contributed by atoms with E-state index in [0.717, 1.165) is 17.3 Å². The lowest BCUT2D eigenvalue weighted by atomic mass is 10.2. The van der Waals surface area contributed by atoms with Gasteiger partial charge in [0.15, 0.2) is 5.82 Å². The summed E-state index contributed by atoms with van der Waals surface area (Å²) >= 11 is 1.15. The van der Waals surface area contributed by atoms with E-state index in [1.165, 1.54) is 16.8 Å². The van der Waals surface area contributed by atoms with Gasteiger partial charge in [0.05, 0.1) is 12.9 Å². The second-order valence-electron chi connectivity index (χ2n) is 5.56. The van der Waals surface area contributed by atoms with Crippen LogP contribution in [-0.2, 0) is 11.3 Å². The molecule has 0 saturated heterocycles. The average molecular weight is 387 g/mol. The molecule has 0 fully saturated rings. The van der Waals surface area contributed by atoms with Crippen molar-refractivity contribution in [1.29, 1.82) is 0 Å². The number of thioether (sulfide) groups is 1. The summed E-state index contributed by atoms with van der Waals surface area (Å²) in [6, 6.07) is 13.4. The standard InChI is InChI=1S/C18H18FN5O2S/c1-26-15-8-3-2-5-13(15)10-21-16(25)11-27-18-23-22-17(24(18)20)12-6-4-7-14(19)9-12/h2-9H,10-11,20H2,1H3,(H,21,25).